The normalized spacial score (nSPS) is 12.4. The molecule has 0 heterocycles. The molecule has 0 spiro atoms. The van der Waals surface area contributed by atoms with Gasteiger partial charge in [-0.3, -0.25) is 4.79 Å². The second kappa shape index (κ2) is 14.0. The van der Waals surface area contributed by atoms with E-state index in [0.29, 0.717) is 6.42 Å². The molecule has 2 N–H and O–H groups in total. The van der Waals surface area contributed by atoms with Crippen LogP contribution in [0.1, 0.15) is 77.6 Å². The SMILES string of the molecule is C=C(C(=O)O)[C@@H](CCCCCC/C=C\CCCCCC)C(=O)O. The third-order valence-electron chi connectivity index (χ3n) is 4.00. The zero-order valence-corrected chi connectivity index (χ0v) is 14.4. The van der Waals surface area contributed by atoms with Crippen molar-refractivity contribution in [2.75, 3.05) is 0 Å². The molecular formula is C19H32O4. The van der Waals surface area contributed by atoms with Gasteiger partial charge in [-0.05, 0) is 32.1 Å². The zero-order valence-electron chi connectivity index (χ0n) is 14.4. The lowest BCUT2D eigenvalue weighted by atomic mass is 9.94. The molecule has 0 amide bonds. The summed E-state index contributed by atoms with van der Waals surface area (Å²) in [5, 5.41) is 17.9. The number of carbonyl (C=O) groups is 2. The molecule has 0 rings (SSSR count). The minimum atomic E-state index is -1.22. The predicted molar refractivity (Wildman–Crippen MR) is 93.5 cm³/mol. The Morgan fingerprint density at radius 2 is 1.43 bits per heavy atom. The molecular weight excluding hydrogens is 292 g/mol. The van der Waals surface area contributed by atoms with Crippen LogP contribution in [0, 0.1) is 5.92 Å². The van der Waals surface area contributed by atoms with E-state index in [9.17, 15) is 9.59 Å². The van der Waals surface area contributed by atoms with Crippen molar-refractivity contribution in [3.63, 3.8) is 0 Å². The summed E-state index contributed by atoms with van der Waals surface area (Å²) in [7, 11) is 0. The van der Waals surface area contributed by atoms with Crippen molar-refractivity contribution in [2.24, 2.45) is 5.92 Å². The summed E-state index contributed by atoms with van der Waals surface area (Å²) in [5.41, 5.74) is -0.219. The number of rotatable bonds is 15. The number of aliphatic carboxylic acids is 2. The average molecular weight is 324 g/mol. The lowest BCUT2D eigenvalue weighted by Gasteiger charge is -2.11. The lowest BCUT2D eigenvalue weighted by molar-refractivity contribution is -0.144. The smallest absolute Gasteiger partial charge is 0.331 e. The topological polar surface area (TPSA) is 74.6 Å². The number of allylic oxidation sites excluding steroid dienone is 2. The number of carboxylic acids is 2. The second-order valence-electron chi connectivity index (χ2n) is 6.03. The summed E-state index contributed by atoms with van der Waals surface area (Å²) in [5.74, 6) is -3.28. The first-order valence-electron chi connectivity index (χ1n) is 8.80. The Balaban J connectivity index is 3.64. The average Bonchev–Trinajstić information content (AvgIpc) is 2.51. The van der Waals surface area contributed by atoms with Crippen LogP contribution in [0.5, 0.6) is 0 Å². The predicted octanol–water partition coefficient (Wildman–Crippen LogP) is 5.20. The summed E-state index contributed by atoms with van der Waals surface area (Å²) in [6, 6.07) is 0. The highest BCUT2D eigenvalue weighted by atomic mass is 16.4. The molecule has 1 atom stereocenters. The first-order chi connectivity index (χ1) is 11.0. The fraction of sp³-hybridized carbons (Fsp3) is 0.684. The fourth-order valence-corrected chi connectivity index (χ4v) is 2.48. The van der Waals surface area contributed by atoms with E-state index in [1.807, 2.05) is 0 Å². The summed E-state index contributed by atoms with van der Waals surface area (Å²) in [6.07, 6.45) is 16.1. The molecule has 0 aliphatic carbocycles. The largest absolute Gasteiger partial charge is 0.481 e. The van der Waals surface area contributed by atoms with Gasteiger partial charge in [-0.2, -0.15) is 0 Å². The number of carboxylic acid groups (broad SMARTS) is 2. The minimum Gasteiger partial charge on any atom is -0.481 e. The highest BCUT2D eigenvalue weighted by molar-refractivity contribution is 5.93. The van der Waals surface area contributed by atoms with E-state index in [1.165, 1.54) is 25.7 Å². The Morgan fingerprint density at radius 3 is 1.91 bits per heavy atom. The minimum absolute atomic E-state index is 0.219. The quantitative estimate of drug-likeness (QED) is 0.247. The third-order valence-corrected chi connectivity index (χ3v) is 4.00. The van der Waals surface area contributed by atoms with Gasteiger partial charge in [0.1, 0.15) is 0 Å². The maximum Gasteiger partial charge on any atom is 0.331 e. The molecule has 132 valence electrons. The maximum atomic E-state index is 11.0. The van der Waals surface area contributed by atoms with Crippen LogP contribution in [-0.2, 0) is 9.59 Å². The number of hydrogen-bond donors (Lipinski definition) is 2. The van der Waals surface area contributed by atoms with E-state index in [-0.39, 0.29) is 5.57 Å². The van der Waals surface area contributed by atoms with Gasteiger partial charge in [0, 0.05) is 5.57 Å². The molecule has 0 aromatic heterocycles. The Morgan fingerprint density at radius 1 is 0.913 bits per heavy atom. The third kappa shape index (κ3) is 11.6. The Bertz CT molecular complexity index is 385. The standard InChI is InChI=1S/C19H32O4/c1-3-4-5-6-7-8-9-10-11-12-13-14-15-17(19(22)23)16(2)18(20)21/h8-9,17H,2-7,10-15H2,1H3,(H,20,21)(H,22,23)/b9-8-/t17-/m1/s1. The van der Waals surface area contributed by atoms with Gasteiger partial charge < -0.3 is 10.2 Å². The van der Waals surface area contributed by atoms with E-state index in [0.717, 1.165) is 38.5 Å². The van der Waals surface area contributed by atoms with Crippen LogP contribution >= 0.6 is 0 Å². The van der Waals surface area contributed by atoms with Crippen LogP contribution in [0.25, 0.3) is 0 Å². The summed E-state index contributed by atoms with van der Waals surface area (Å²) < 4.78 is 0. The van der Waals surface area contributed by atoms with Gasteiger partial charge >= 0.3 is 11.9 Å². The van der Waals surface area contributed by atoms with Gasteiger partial charge in [0.05, 0.1) is 5.92 Å². The van der Waals surface area contributed by atoms with Crippen molar-refractivity contribution in [3.8, 4) is 0 Å². The highest BCUT2D eigenvalue weighted by Crippen LogP contribution is 2.19. The van der Waals surface area contributed by atoms with E-state index < -0.39 is 17.9 Å². The molecule has 23 heavy (non-hydrogen) atoms. The van der Waals surface area contributed by atoms with Crippen molar-refractivity contribution in [2.45, 2.75) is 77.6 Å². The lowest BCUT2D eigenvalue weighted by Crippen LogP contribution is -2.20. The van der Waals surface area contributed by atoms with E-state index >= 15 is 0 Å². The maximum absolute atomic E-state index is 11.0. The molecule has 0 saturated carbocycles. The van der Waals surface area contributed by atoms with Crippen molar-refractivity contribution >= 4 is 11.9 Å². The summed E-state index contributed by atoms with van der Waals surface area (Å²) in [4.78, 5) is 21.8. The molecule has 0 unspecified atom stereocenters. The van der Waals surface area contributed by atoms with Crippen LogP contribution in [0.4, 0.5) is 0 Å². The van der Waals surface area contributed by atoms with E-state index in [2.05, 4.69) is 25.7 Å². The van der Waals surface area contributed by atoms with Crippen molar-refractivity contribution in [1.82, 2.24) is 0 Å². The van der Waals surface area contributed by atoms with Gasteiger partial charge in [0.2, 0.25) is 0 Å². The summed E-state index contributed by atoms with van der Waals surface area (Å²) in [6.45, 7) is 5.58. The van der Waals surface area contributed by atoms with Crippen LogP contribution in [-0.4, -0.2) is 22.2 Å². The van der Waals surface area contributed by atoms with E-state index in [1.54, 1.807) is 0 Å². The zero-order chi connectivity index (χ0) is 17.5. The van der Waals surface area contributed by atoms with Gasteiger partial charge in [-0.15, -0.1) is 0 Å². The Kier molecular flexibility index (Phi) is 13.1. The molecule has 4 nitrogen and oxygen atoms in total. The van der Waals surface area contributed by atoms with Crippen LogP contribution in [0.15, 0.2) is 24.3 Å². The van der Waals surface area contributed by atoms with Crippen molar-refractivity contribution in [3.05, 3.63) is 24.3 Å². The van der Waals surface area contributed by atoms with Gasteiger partial charge in [0.25, 0.3) is 0 Å². The first-order valence-corrected chi connectivity index (χ1v) is 8.80. The van der Waals surface area contributed by atoms with Gasteiger partial charge in [-0.1, -0.05) is 64.2 Å². The molecule has 0 aromatic rings. The molecule has 0 radical (unpaired) electrons. The van der Waals surface area contributed by atoms with Crippen LogP contribution in [0.2, 0.25) is 0 Å². The second-order valence-corrected chi connectivity index (χ2v) is 6.03. The van der Waals surface area contributed by atoms with Crippen LogP contribution in [0.3, 0.4) is 0 Å². The van der Waals surface area contributed by atoms with Gasteiger partial charge in [-0.25, -0.2) is 4.79 Å². The molecule has 0 aromatic carbocycles. The Hall–Kier alpha value is -1.58. The molecule has 4 heteroatoms. The highest BCUT2D eigenvalue weighted by Gasteiger charge is 2.24. The Labute approximate surface area is 140 Å². The molecule has 0 saturated heterocycles. The number of unbranched alkanes of at least 4 members (excludes halogenated alkanes) is 8. The first kappa shape index (κ1) is 21.4. The number of hydrogen-bond acceptors (Lipinski definition) is 2. The van der Waals surface area contributed by atoms with Crippen LogP contribution < -0.4 is 0 Å². The van der Waals surface area contributed by atoms with Crippen molar-refractivity contribution < 1.29 is 19.8 Å². The van der Waals surface area contributed by atoms with E-state index in [4.69, 9.17) is 10.2 Å². The monoisotopic (exact) mass is 324 g/mol. The molecule has 0 aliphatic rings. The van der Waals surface area contributed by atoms with Gasteiger partial charge in [0.15, 0.2) is 0 Å². The summed E-state index contributed by atoms with van der Waals surface area (Å²) >= 11 is 0. The molecule has 0 aliphatic heterocycles. The van der Waals surface area contributed by atoms with Crippen molar-refractivity contribution in [1.29, 1.82) is 0 Å². The molecule has 0 fully saturated rings. The molecule has 0 bridgehead atoms. The fourth-order valence-electron chi connectivity index (χ4n) is 2.48.